The summed E-state index contributed by atoms with van der Waals surface area (Å²) in [7, 11) is -4.57. The molecular weight excluding hydrogens is 188 g/mol. The lowest BCUT2D eigenvalue weighted by molar-refractivity contribution is 0.0585. The average molecular weight is 198 g/mol. The van der Waals surface area contributed by atoms with Crippen molar-refractivity contribution in [1.29, 1.82) is 0 Å². The Morgan fingerprint density at radius 2 is 1.64 bits per heavy atom. The fraction of sp³-hybridized carbons (Fsp3) is 1.00. The zero-order valence-corrected chi connectivity index (χ0v) is 5.78. The van der Waals surface area contributed by atoms with E-state index in [1.54, 1.807) is 0 Å². The molecule has 0 fully saturated rings. The minimum Gasteiger partial charge on any atom is -0.394 e. The van der Waals surface area contributed by atoms with E-state index in [1.807, 2.05) is 0 Å². The molecule has 66 valence electrons. The SMILES string of the molecule is O=S(=O)(O)OC(CO)CO.[MgH2]. The van der Waals surface area contributed by atoms with E-state index in [9.17, 15) is 8.42 Å². The highest BCUT2D eigenvalue weighted by Gasteiger charge is 2.14. The van der Waals surface area contributed by atoms with Gasteiger partial charge in [0.2, 0.25) is 0 Å². The summed E-state index contributed by atoms with van der Waals surface area (Å²) in [5.41, 5.74) is 0. The van der Waals surface area contributed by atoms with Crippen LogP contribution in [0.1, 0.15) is 0 Å². The molecular formula is C3H10MgO6S. The average Bonchev–Trinajstić information content (AvgIpc) is 1.81. The largest absolute Gasteiger partial charge is 0.397 e. The predicted molar refractivity (Wildman–Crippen MR) is 39.1 cm³/mol. The van der Waals surface area contributed by atoms with E-state index in [-0.39, 0.29) is 23.1 Å². The van der Waals surface area contributed by atoms with Crippen LogP contribution >= 0.6 is 0 Å². The molecule has 0 spiro atoms. The standard InChI is InChI=1S/C3H8O6S.Mg.2H/c4-1-3(2-5)9-10(6,7)8;;;/h3-5H,1-2H2,(H,6,7,8);;;. The van der Waals surface area contributed by atoms with Crippen molar-refractivity contribution in [1.82, 2.24) is 0 Å². The summed E-state index contributed by atoms with van der Waals surface area (Å²) in [6.45, 7) is -1.34. The second kappa shape index (κ2) is 6.11. The van der Waals surface area contributed by atoms with Crippen LogP contribution < -0.4 is 0 Å². The van der Waals surface area contributed by atoms with Crippen molar-refractivity contribution < 1.29 is 27.4 Å². The zero-order valence-electron chi connectivity index (χ0n) is 4.97. The molecule has 0 amide bonds. The molecule has 0 bridgehead atoms. The predicted octanol–water partition coefficient (Wildman–Crippen LogP) is -2.76. The summed E-state index contributed by atoms with van der Waals surface area (Å²) in [5.74, 6) is 0. The molecule has 0 atom stereocenters. The molecule has 11 heavy (non-hydrogen) atoms. The van der Waals surface area contributed by atoms with Gasteiger partial charge in [0.15, 0.2) is 0 Å². The lowest BCUT2D eigenvalue weighted by atomic mass is 10.4. The van der Waals surface area contributed by atoms with Crippen LogP contribution in [0.2, 0.25) is 0 Å². The van der Waals surface area contributed by atoms with Gasteiger partial charge in [-0.1, -0.05) is 0 Å². The quantitative estimate of drug-likeness (QED) is 0.334. The number of aliphatic hydroxyl groups excluding tert-OH is 2. The van der Waals surface area contributed by atoms with Crippen LogP contribution in [-0.2, 0) is 14.6 Å². The minimum absolute atomic E-state index is 0. The summed E-state index contributed by atoms with van der Waals surface area (Å²) in [6.07, 6.45) is -1.28. The maximum absolute atomic E-state index is 9.87. The van der Waals surface area contributed by atoms with Crippen LogP contribution in [-0.4, -0.2) is 65.6 Å². The fourth-order valence-corrected chi connectivity index (χ4v) is 0.756. The molecule has 0 aromatic rings. The van der Waals surface area contributed by atoms with E-state index in [0.29, 0.717) is 0 Å². The van der Waals surface area contributed by atoms with Crippen molar-refractivity contribution in [2.24, 2.45) is 0 Å². The second-order valence-corrected chi connectivity index (χ2v) is 2.56. The van der Waals surface area contributed by atoms with Gasteiger partial charge in [0.25, 0.3) is 0 Å². The molecule has 8 heteroatoms. The van der Waals surface area contributed by atoms with E-state index < -0.39 is 29.7 Å². The van der Waals surface area contributed by atoms with Crippen molar-refractivity contribution in [3.63, 3.8) is 0 Å². The topological polar surface area (TPSA) is 104 Å². The lowest BCUT2D eigenvalue weighted by Gasteiger charge is -2.07. The Morgan fingerprint density at radius 3 is 1.73 bits per heavy atom. The third-order valence-corrected chi connectivity index (χ3v) is 1.18. The van der Waals surface area contributed by atoms with Gasteiger partial charge in [-0.25, -0.2) is 4.18 Å². The highest BCUT2D eigenvalue weighted by Crippen LogP contribution is 1.94. The first-order valence-corrected chi connectivity index (χ1v) is 3.73. The normalized spacial score (nSPS) is 11.3. The number of hydrogen-bond acceptors (Lipinski definition) is 5. The summed E-state index contributed by atoms with van der Waals surface area (Å²) in [5, 5.41) is 16.5. The van der Waals surface area contributed by atoms with Gasteiger partial charge in [-0.2, -0.15) is 8.42 Å². The molecule has 0 saturated heterocycles. The maximum Gasteiger partial charge on any atom is 0.397 e. The van der Waals surface area contributed by atoms with Crippen LogP contribution in [0.4, 0.5) is 0 Å². The monoisotopic (exact) mass is 198 g/mol. The third kappa shape index (κ3) is 8.46. The van der Waals surface area contributed by atoms with Gasteiger partial charge in [-0.05, 0) is 0 Å². The molecule has 0 aliphatic heterocycles. The Hall–Kier alpha value is 0.556. The first-order chi connectivity index (χ1) is 4.49. The summed E-state index contributed by atoms with van der Waals surface area (Å²) < 4.78 is 31.5. The first-order valence-electron chi connectivity index (χ1n) is 2.37. The number of rotatable bonds is 4. The molecule has 0 unspecified atom stereocenters. The van der Waals surface area contributed by atoms with Crippen LogP contribution in [0.3, 0.4) is 0 Å². The minimum atomic E-state index is -4.57. The van der Waals surface area contributed by atoms with Crippen LogP contribution in [0.15, 0.2) is 0 Å². The van der Waals surface area contributed by atoms with Gasteiger partial charge < -0.3 is 10.2 Å². The molecule has 6 nitrogen and oxygen atoms in total. The van der Waals surface area contributed by atoms with Crippen molar-refractivity contribution in [3.8, 4) is 0 Å². The lowest BCUT2D eigenvalue weighted by Crippen LogP contribution is -2.25. The van der Waals surface area contributed by atoms with Crippen molar-refractivity contribution >= 4 is 33.5 Å². The van der Waals surface area contributed by atoms with Gasteiger partial charge in [-0.15, -0.1) is 0 Å². The van der Waals surface area contributed by atoms with E-state index in [1.165, 1.54) is 0 Å². The summed E-state index contributed by atoms with van der Waals surface area (Å²) in [6, 6.07) is 0. The fourth-order valence-electron chi connectivity index (χ4n) is 0.291. The molecule has 0 heterocycles. The first kappa shape index (κ1) is 14.1. The Kier molecular flexibility index (Phi) is 7.84. The van der Waals surface area contributed by atoms with Crippen LogP contribution in [0.5, 0.6) is 0 Å². The third-order valence-electron chi connectivity index (χ3n) is 0.665. The van der Waals surface area contributed by atoms with Crippen molar-refractivity contribution in [2.75, 3.05) is 13.2 Å². The number of aliphatic hydroxyl groups is 2. The van der Waals surface area contributed by atoms with Gasteiger partial charge >= 0.3 is 33.5 Å². The Bertz CT molecular complexity index is 172. The molecule has 0 aromatic carbocycles. The van der Waals surface area contributed by atoms with Crippen LogP contribution in [0, 0.1) is 0 Å². The molecule has 0 aliphatic rings. The van der Waals surface area contributed by atoms with Gasteiger partial charge in [0.05, 0.1) is 13.2 Å². The van der Waals surface area contributed by atoms with E-state index >= 15 is 0 Å². The second-order valence-electron chi connectivity index (χ2n) is 1.51. The molecule has 0 saturated carbocycles. The molecule has 3 N–H and O–H groups in total. The highest BCUT2D eigenvalue weighted by atomic mass is 32.3. The van der Waals surface area contributed by atoms with Gasteiger partial charge in [0, 0.05) is 0 Å². The molecule has 0 rings (SSSR count). The van der Waals surface area contributed by atoms with Gasteiger partial charge in [0.1, 0.15) is 6.10 Å². The Balaban J connectivity index is 0. The molecule has 0 aliphatic carbocycles. The summed E-state index contributed by atoms with van der Waals surface area (Å²) in [4.78, 5) is 0. The van der Waals surface area contributed by atoms with Crippen LogP contribution in [0.25, 0.3) is 0 Å². The van der Waals surface area contributed by atoms with Crippen molar-refractivity contribution in [2.45, 2.75) is 6.10 Å². The maximum atomic E-state index is 9.87. The Labute approximate surface area is 80.3 Å². The zero-order chi connectivity index (χ0) is 8.20. The Morgan fingerprint density at radius 1 is 1.27 bits per heavy atom. The van der Waals surface area contributed by atoms with Gasteiger partial charge in [-0.3, -0.25) is 4.55 Å². The summed E-state index contributed by atoms with van der Waals surface area (Å²) >= 11 is 0. The molecule has 0 radical (unpaired) electrons. The molecule has 0 aromatic heterocycles. The van der Waals surface area contributed by atoms with E-state index in [2.05, 4.69) is 4.18 Å². The highest BCUT2D eigenvalue weighted by molar-refractivity contribution is 7.80. The van der Waals surface area contributed by atoms with E-state index in [0.717, 1.165) is 0 Å². The number of hydrogen-bond donors (Lipinski definition) is 3. The smallest absolute Gasteiger partial charge is 0.394 e. The van der Waals surface area contributed by atoms with E-state index in [4.69, 9.17) is 14.8 Å². The van der Waals surface area contributed by atoms with Crippen molar-refractivity contribution in [3.05, 3.63) is 0 Å².